The third-order valence-electron chi connectivity index (χ3n) is 4.01. The van der Waals surface area contributed by atoms with E-state index in [1.165, 1.54) is 0 Å². The molecule has 6 heteroatoms. The molecule has 0 amide bonds. The molecule has 1 saturated heterocycles. The molecule has 1 aromatic rings. The zero-order valence-corrected chi connectivity index (χ0v) is 13.3. The van der Waals surface area contributed by atoms with Gasteiger partial charge in [-0.05, 0) is 30.7 Å². The van der Waals surface area contributed by atoms with Crippen LogP contribution in [0.3, 0.4) is 0 Å². The lowest BCUT2D eigenvalue weighted by Gasteiger charge is -2.31. The quantitative estimate of drug-likeness (QED) is 0.827. The van der Waals surface area contributed by atoms with Crippen LogP contribution < -0.4 is 10.5 Å². The zero-order valence-electron chi connectivity index (χ0n) is 12.5. The fourth-order valence-corrected chi connectivity index (χ4v) is 4.02. The molecule has 1 aromatic carbocycles. The Balaban J connectivity index is 1.97. The van der Waals surface area contributed by atoms with E-state index in [2.05, 4.69) is 11.6 Å². The van der Waals surface area contributed by atoms with Crippen LogP contribution in [0.1, 0.15) is 25.3 Å². The molecule has 0 spiro atoms. The molecule has 3 N–H and O–H groups in total. The number of nitrogens with one attached hydrogen (secondary N) is 1. The Bertz CT molecular complexity index is 525. The molecule has 0 aromatic heterocycles. The van der Waals surface area contributed by atoms with Gasteiger partial charge in [-0.2, -0.15) is 17.4 Å². The predicted molar refractivity (Wildman–Crippen MR) is 85.0 cm³/mol. The van der Waals surface area contributed by atoms with Crippen LogP contribution in [0.15, 0.2) is 30.3 Å². The van der Waals surface area contributed by atoms with E-state index in [1.54, 1.807) is 4.31 Å². The predicted octanol–water partition coefficient (Wildman–Crippen LogP) is 1.12. The van der Waals surface area contributed by atoms with Crippen LogP contribution >= 0.6 is 0 Å². The maximum Gasteiger partial charge on any atom is 0.279 e. The van der Waals surface area contributed by atoms with E-state index >= 15 is 0 Å². The van der Waals surface area contributed by atoms with Gasteiger partial charge in [0.25, 0.3) is 10.2 Å². The van der Waals surface area contributed by atoms with Gasteiger partial charge in [-0.1, -0.05) is 37.3 Å². The first-order chi connectivity index (χ1) is 10.0. The highest BCUT2D eigenvalue weighted by Gasteiger charge is 2.28. The number of rotatable bonds is 6. The number of piperidine rings is 1. The van der Waals surface area contributed by atoms with Crippen molar-refractivity contribution in [3.05, 3.63) is 35.9 Å². The van der Waals surface area contributed by atoms with Gasteiger partial charge in [0.05, 0.1) is 0 Å². The fraction of sp³-hybridized carbons (Fsp3) is 0.600. The molecule has 0 saturated carbocycles. The van der Waals surface area contributed by atoms with Gasteiger partial charge in [-0.25, -0.2) is 0 Å². The second kappa shape index (κ2) is 7.35. The normalized spacial score (nSPS) is 19.5. The molecule has 0 bridgehead atoms. The first kappa shape index (κ1) is 16.4. The lowest BCUT2D eigenvalue weighted by atomic mass is 10.0. The minimum absolute atomic E-state index is 0.267. The highest BCUT2D eigenvalue weighted by atomic mass is 32.2. The number of hydrogen-bond donors (Lipinski definition) is 2. The monoisotopic (exact) mass is 311 g/mol. The first-order valence-electron chi connectivity index (χ1n) is 7.52. The third-order valence-corrected chi connectivity index (χ3v) is 5.68. The molecule has 2 rings (SSSR count). The summed E-state index contributed by atoms with van der Waals surface area (Å²) < 4.78 is 29.1. The first-order valence-corrected chi connectivity index (χ1v) is 8.96. The summed E-state index contributed by atoms with van der Waals surface area (Å²) in [5.41, 5.74) is 6.82. The third kappa shape index (κ3) is 4.78. The Morgan fingerprint density at radius 2 is 1.90 bits per heavy atom. The minimum atomic E-state index is -3.43. The Morgan fingerprint density at radius 3 is 2.48 bits per heavy atom. The van der Waals surface area contributed by atoms with E-state index in [1.807, 2.05) is 30.3 Å². The van der Waals surface area contributed by atoms with Gasteiger partial charge in [0.15, 0.2) is 0 Å². The van der Waals surface area contributed by atoms with Gasteiger partial charge >= 0.3 is 0 Å². The molecule has 5 nitrogen and oxygen atoms in total. The smallest absolute Gasteiger partial charge is 0.279 e. The number of nitrogens with two attached hydrogens (primary N) is 1. The Labute approximate surface area is 127 Å². The largest absolute Gasteiger partial charge is 0.329 e. The number of benzene rings is 1. The van der Waals surface area contributed by atoms with E-state index in [0.29, 0.717) is 32.0 Å². The van der Waals surface area contributed by atoms with E-state index in [0.717, 1.165) is 18.4 Å². The SMILES string of the molecule is CC1CCN(S(=O)(=O)NC(CN)Cc2ccccc2)CC1. The summed E-state index contributed by atoms with van der Waals surface area (Å²) in [4.78, 5) is 0. The number of nitrogens with zero attached hydrogens (tertiary/aromatic N) is 1. The summed E-state index contributed by atoms with van der Waals surface area (Å²) >= 11 is 0. The Kier molecular flexibility index (Phi) is 5.75. The van der Waals surface area contributed by atoms with Crippen LogP contribution in [0, 0.1) is 5.92 Å². The van der Waals surface area contributed by atoms with Crippen LogP contribution in [0.2, 0.25) is 0 Å². The van der Waals surface area contributed by atoms with Gasteiger partial charge in [-0.15, -0.1) is 0 Å². The Hall–Kier alpha value is -0.950. The molecule has 0 radical (unpaired) electrons. The van der Waals surface area contributed by atoms with Crippen LogP contribution in [-0.2, 0) is 16.6 Å². The van der Waals surface area contributed by atoms with Crippen LogP contribution in [0.25, 0.3) is 0 Å². The summed E-state index contributed by atoms with van der Waals surface area (Å²) in [6, 6.07) is 9.54. The molecule has 1 aliphatic heterocycles. The molecule has 1 unspecified atom stereocenters. The lowest BCUT2D eigenvalue weighted by molar-refractivity contribution is 0.283. The van der Waals surface area contributed by atoms with Gasteiger partial charge < -0.3 is 5.73 Å². The molecule has 1 heterocycles. The van der Waals surface area contributed by atoms with E-state index in [9.17, 15) is 8.42 Å². The maximum atomic E-state index is 12.4. The van der Waals surface area contributed by atoms with Crippen LogP contribution in [0.5, 0.6) is 0 Å². The highest BCUT2D eigenvalue weighted by molar-refractivity contribution is 7.87. The second-order valence-corrected chi connectivity index (χ2v) is 7.53. The van der Waals surface area contributed by atoms with Gasteiger partial charge in [0.2, 0.25) is 0 Å². The molecule has 0 aliphatic carbocycles. The average molecular weight is 311 g/mol. The van der Waals surface area contributed by atoms with E-state index in [4.69, 9.17) is 5.73 Å². The molecular weight excluding hydrogens is 286 g/mol. The van der Waals surface area contributed by atoms with E-state index < -0.39 is 10.2 Å². The standard InChI is InChI=1S/C15H25N3O2S/c1-13-7-9-18(10-8-13)21(19,20)17-15(12-16)11-14-5-3-2-4-6-14/h2-6,13,15,17H,7-12,16H2,1H3. The van der Waals surface area contributed by atoms with Crippen LogP contribution in [-0.4, -0.2) is 38.4 Å². The molecule has 1 aliphatic rings. The summed E-state index contributed by atoms with van der Waals surface area (Å²) in [5.74, 6) is 0.603. The molecular formula is C15H25N3O2S. The number of hydrogen-bond acceptors (Lipinski definition) is 3. The van der Waals surface area contributed by atoms with Crippen molar-refractivity contribution in [2.45, 2.75) is 32.2 Å². The molecule has 1 fully saturated rings. The van der Waals surface area contributed by atoms with Crippen molar-refractivity contribution >= 4 is 10.2 Å². The summed E-state index contributed by atoms with van der Waals surface area (Å²) in [5, 5.41) is 0. The minimum Gasteiger partial charge on any atom is -0.329 e. The van der Waals surface area contributed by atoms with Crippen molar-refractivity contribution in [3.63, 3.8) is 0 Å². The zero-order chi connectivity index (χ0) is 15.3. The second-order valence-electron chi connectivity index (χ2n) is 5.83. The van der Waals surface area contributed by atoms with Crippen molar-refractivity contribution in [1.29, 1.82) is 0 Å². The van der Waals surface area contributed by atoms with Crippen molar-refractivity contribution < 1.29 is 8.42 Å². The van der Waals surface area contributed by atoms with Gasteiger partial charge in [0, 0.05) is 25.7 Å². The maximum absolute atomic E-state index is 12.4. The lowest BCUT2D eigenvalue weighted by Crippen LogP contribution is -2.50. The van der Waals surface area contributed by atoms with Crippen molar-refractivity contribution in [1.82, 2.24) is 9.03 Å². The average Bonchev–Trinajstić information content (AvgIpc) is 2.48. The van der Waals surface area contributed by atoms with Crippen molar-refractivity contribution in [2.75, 3.05) is 19.6 Å². The summed E-state index contributed by atoms with van der Waals surface area (Å²) in [6.07, 6.45) is 2.46. The van der Waals surface area contributed by atoms with Crippen molar-refractivity contribution in [3.8, 4) is 0 Å². The fourth-order valence-electron chi connectivity index (χ4n) is 2.58. The topological polar surface area (TPSA) is 75.4 Å². The Morgan fingerprint density at radius 1 is 1.29 bits per heavy atom. The van der Waals surface area contributed by atoms with Crippen LogP contribution in [0.4, 0.5) is 0 Å². The molecule has 21 heavy (non-hydrogen) atoms. The van der Waals surface area contributed by atoms with Gasteiger partial charge in [-0.3, -0.25) is 0 Å². The van der Waals surface area contributed by atoms with Crippen molar-refractivity contribution in [2.24, 2.45) is 11.7 Å². The highest BCUT2D eigenvalue weighted by Crippen LogP contribution is 2.18. The molecule has 118 valence electrons. The van der Waals surface area contributed by atoms with Gasteiger partial charge in [0.1, 0.15) is 0 Å². The van der Waals surface area contributed by atoms with E-state index in [-0.39, 0.29) is 6.04 Å². The molecule has 1 atom stereocenters. The summed E-state index contributed by atoms with van der Waals surface area (Å²) in [7, 11) is -3.43. The summed E-state index contributed by atoms with van der Waals surface area (Å²) in [6.45, 7) is 3.64.